The van der Waals surface area contributed by atoms with E-state index in [9.17, 15) is 14.9 Å². The second-order valence-corrected chi connectivity index (χ2v) is 6.49. The first-order valence-electron chi connectivity index (χ1n) is 8.11. The molecule has 1 aliphatic rings. The van der Waals surface area contributed by atoms with Gasteiger partial charge in [-0.25, -0.2) is 0 Å². The highest BCUT2D eigenvalue weighted by Crippen LogP contribution is 2.34. The second kappa shape index (κ2) is 6.43. The summed E-state index contributed by atoms with van der Waals surface area (Å²) in [5.41, 5.74) is 2.93. The van der Waals surface area contributed by atoms with Gasteiger partial charge in [0.25, 0.3) is 5.69 Å². The number of hydrogen-bond donors (Lipinski definition) is 1. The molecule has 24 heavy (non-hydrogen) atoms. The summed E-state index contributed by atoms with van der Waals surface area (Å²) in [6.07, 6.45) is 3.22. The summed E-state index contributed by atoms with van der Waals surface area (Å²) < 4.78 is 0. The third kappa shape index (κ3) is 3.30. The molecule has 2 aromatic rings. The molecule has 0 bridgehead atoms. The molecule has 5 heteroatoms. The summed E-state index contributed by atoms with van der Waals surface area (Å²) in [7, 11) is 0. The van der Waals surface area contributed by atoms with Gasteiger partial charge in [0.15, 0.2) is 0 Å². The predicted octanol–water partition coefficient (Wildman–Crippen LogP) is 3.51. The summed E-state index contributed by atoms with van der Waals surface area (Å²) in [6, 6.07) is 14.4. The van der Waals surface area contributed by atoms with Crippen LogP contribution in [0.4, 0.5) is 5.69 Å². The van der Waals surface area contributed by atoms with Crippen molar-refractivity contribution < 1.29 is 9.72 Å². The summed E-state index contributed by atoms with van der Waals surface area (Å²) >= 11 is 0. The Labute approximate surface area is 140 Å². The molecule has 124 valence electrons. The number of benzene rings is 2. The van der Waals surface area contributed by atoms with Crippen LogP contribution in [-0.4, -0.2) is 10.8 Å². The molecule has 0 saturated carbocycles. The number of carbonyl (C=O) groups is 1. The van der Waals surface area contributed by atoms with E-state index in [1.165, 1.54) is 23.3 Å². The van der Waals surface area contributed by atoms with Gasteiger partial charge >= 0.3 is 0 Å². The maximum absolute atomic E-state index is 12.5. The average Bonchev–Trinajstić information content (AvgIpc) is 2.55. The minimum atomic E-state index is -0.441. The number of nitrogens with one attached hydrogen (secondary N) is 1. The van der Waals surface area contributed by atoms with Gasteiger partial charge in [-0.15, -0.1) is 0 Å². The third-order valence-corrected chi connectivity index (χ3v) is 4.66. The standard InChI is InChI=1S/C19H20N2O3/c1-19(12-4-6-15-5-2-3-7-17(15)19)20-18(22)13-14-8-10-16(11-9-14)21(23)24/h2-3,5,7-11H,4,6,12-13H2,1H3,(H,20,22)/t19-/m0/s1. The zero-order valence-corrected chi connectivity index (χ0v) is 13.6. The number of nitrogens with zero attached hydrogens (tertiary/aromatic N) is 1. The van der Waals surface area contributed by atoms with Crippen molar-refractivity contribution in [2.75, 3.05) is 0 Å². The van der Waals surface area contributed by atoms with Gasteiger partial charge in [-0.3, -0.25) is 14.9 Å². The van der Waals surface area contributed by atoms with Crippen molar-refractivity contribution >= 4 is 11.6 Å². The lowest BCUT2D eigenvalue weighted by Crippen LogP contribution is -2.46. The van der Waals surface area contributed by atoms with E-state index in [2.05, 4.69) is 24.4 Å². The molecule has 0 heterocycles. The Bertz CT molecular complexity index is 770. The van der Waals surface area contributed by atoms with Gasteiger partial charge in [-0.2, -0.15) is 0 Å². The van der Waals surface area contributed by atoms with Crippen molar-refractivity contribution in [2.45, 2.75) is 38.1 Å². The maximum Gasteiger partial charge on any atom is 0.269 e. The number of non-ortho nitro benzene ring substituents is 1. The molecule has 0 fully saturated rings. The third-order valence-electron chi connectivity index (χ3n) is 4.66. The number of amides is 1. The van der Waals surface area contributed by atoms with Crippen molar-refractivity contribution in [1.29, 1.82) is 0 Å². The van der Waals surface area contributed by atoms with Gasteiger partial charge in [-0.05, 0) is 42.9 Å². The zero-order valence-electron chi connectivity index (χ0n) is 13.6. The van der Waals surface area contributed by atoms with Crippen LogP contribution in [0.2, 0.25) is 0 Å². The number of fused-ring (bicyclic) bond motifs is 1. The minimum Gasteiger partial charge on any atom is -0.347 e. The van der Waals surface area contributed by atoms with Crippen LogP contribution in [0, 0.1) is 10.1 Å². The fourth-order valence-corrected chi connectivity index (χ4v) is 3.45. The topological polar surface area (TPSA) is 72.2 Å². The Morgan fingerprint density at radius 2 is 1.92 bits per heavy atom. The predicted molar refractivity (Wildman–Crippen MR) is 91.7 cm³/mol. The molecule has 1 aliphatic carbocycles. The van der Waals surface area contributed by atoms with Gasteiger partial charge in [0.2, 0.25) is 5.91 Å². The molecule has 1 amide bonds. The quantitative estimate of drug-likeness (QED) is 0.691. The van der Waals surface area contributed by atoms with Gasteiger partial charge < -0.3 is 5.32 Å². The SMILES string of the molecule is C[C@]1(NC(=O)Cc2ccc([N+](=O)[O-])cc2)CCCc2ccccc21. The summed E-state index contributed by atoms with van der Waals surface area (Å²) in [5, 5.41) is 13.8. The van der Waals surface area contributed by atoms with Crippen LogP contribution in [0.3, 0.4) is 0 Å². The number of nitro groups is 1. The lowest BCUT2D eigenvalue weighted by molar-refractivity contribution is -0.384. The van der Waals surface area contributed by atoms with Gasteiger partial charge in [0.05, 0.1) is 16.9 Å². The van der Waals surface area contributed by atoms with Crippen LogP contribution in [0.25, 0.3) is 0 Å². The molecule has 0 aromatic heterocycles. The first-order chi connectivity index (χ1) is 11.5. The Balaban J connectivity index is 1.72. The van der Waals surface area contributed by atoms with Gasteiger partial charge in [-0.1, -0.05) is 36.4 Å². The molecule has 0 saturated heterocycles. The minimum absolute atomic E-state index is 0.0346. The molecule has 3 rings (SSSR count). The fraction of sp³-hybridized carbons (Fsp3) is 0.316. The molecule has 5 nitrogen and oxygen atoms in total. The number of carbonyl (C=O) groups excluding carboxylic acids is 1. The molecule has 0 aliphatic heterocycles. The van der Waals surface area contributed by atoms with Crippen LogP contribution >= 0.6 is 0 Å². The highest BCUT2D eigenvalue weighted by Gasteiger charge is 2.32. The average molecular weight is 324 g/mol. The first-order valence-corrected chi connectivity index (χ1v) is 8.11. The lowest BCUT2D eigenvalue weighted by Gasteiger charge is -2.37. The van der Waals surface area contributed by atoms with Crippen molar-refractivity contribution in [3.63, 3.8) is 0 Å². The van der Waals surface area contributed by atoms with E-state index in [0.29, 0.717) is 0 Å². The normalized spacial score (nSPS) is 19.4. The molecular weight excluding hydrogens is 304 g/mol. The molecule has 1 atom stereocenters. The summed E-state index contributed by atoms with van der Waals surface area (Å²) in [6.45, 7) is 2.07. The van der Waals surface area contributed by atoms with E-state index in [-0.39, 0.29) is 23.6 Å². The lowest BCUT2D eigenvalue weighted by atomic mass is 9.77. The van der Waals surface area contributed by atoms with Crippen LogP contribution in [0.5, 0.6) is 0 Å². The van der Waals surface area contributed by atoms with E-state index >= 15 is 0 Å². The second-order valence-electron chi connectivity index (χ2n) is 6.49. The highest BCUT2D eigenvalue weighted by atomic mass is 16.6. The Hall–Kier alpha value is -2.69. The zero-order chi connectivity index (χ0) is 17.2. The van der Waals surface area contributed by atoms with E-state index in [1.54, 1.807) is 12.1 Å². The Morgan fingerprint density at radius 1 is 1.21 bits per heavy atom. The monoisotopic (exact) mass is 324 g/mol. The maximum atomic E-state index is 12.5. The van der Waals surface area contributed by atoms with Crippen molar-refractivity contribution in [1.82, 2.24) is 5.32 Å². The van der Waals surface area contributed by atoms with Crippen LogP contribution in [0.15, 0.2) is 48.5 Å². The molecule has 2 aromatic carbocycles. The number of aryl methyl sites for hydroxylation is 1. The highest BCUT2D eigenvalue weighted by molar-refractivity contribution is 5.79. The Kier molecular flexibility index (Phi) is 4.34. The number of hydrogen-bond acceptors (Lipinski definition) is 3. The summed E-state index contributed by atoms with van der Waals surface area (Å²) in [4.78, 5) is 22.7. The fourth-order valence-electron chi connectivity index (χ4n) is 3.45. The van der Waals surface area contributed by atoms with Crippen molar-refractivity contribution in [3.8, 4) is 0 Å². The van der Waals surface area contributed by atoms with E-state index in [1.807, 2.05) is 12.1 Å². The van der Waals surface area contributed by atoms with Crippen molar-refractivity contribution in [2.24, 2.45) is 0 Å². The van der Waals surface area contributed by atoms with E-state index in [0.717, 1.165) is 24.8 Å². The molecule has 1 N–H and O–H groups in total. The summed E-state index contributed by atoms with van der Waals surface area (Å²) in [5.74, 6) is -0.0666. The molecular formula is C19H20N2O3. The number of rotatable bonds is 4. The van der Waals surface area contributed by atoms with E-state index < -0.39 is 4.92 Å². The molecule has 0 unspecified atom stereocenters. The smallest absolute Gasteiger partial charge is 0.269 e. The Morgan fingerprint density at radius 3 is 2.62 bits per heavy atom. The van der Waals surface area contributed by atoms with Crippen LogP contribution in [-0.2, 0) is 23.2 Å². The molecule has 0 spiro atoms. The number of nitro benzene ring substituents is 1. The first kappa shape index (κ1) is 16.2. The van der Waals surface area contributed by atoms with Crippen LogP contribution in [0.1, 0.15) is 36.5 Å². The molecule has 0 radical (unpaired) electrons. The van der Waals surface area contributed by atoms with Crippen LogP contribution < -0.4 is 5.32 Å². The van der Waals surface area contributed by atoms with Crippen molar-refractivity contribution in [3.05, 3.63) is 75.3 Å². The van der Waals surface area contributed by atoms with Gasteiger partial charge in [0.1, 0.15) is 0 Å². The van der Waals surface area contributed by atoms with E-state index in [4.69, 9.17) is 0 Å². The van der Waals surface area contributed by atoms with Gasteiger partial charge in [0, 0.05) is 12.1 Å². The largest absolute Gasteiger partial charge is 0.347 e.